The lowest BCUT2D eigenvalue weighted by Crippen LogP contribution is -2.26. The lowest BCUT2D eigenvalue weighted by atomic mass is 10.2. The Morgan fingerprint density at radius 2 is 2.27 bits per heavy atom. The number of aryl methyl sites for hydroxylation is 1. The Bertz CT molecular complexity index is 385. The normalized spacial score (nSPS) is 10.0. The number of halogens is 1. The number of hydrogen-bond donors (Lipinski definition) is 2. The van der Waals surface area contributed by atoms with Gasteiger partial charge in [-0.25, -0.2) is 0 Å². The zero-order valence-electron chi connectivity index (χ0n) is 8.04. The predicted molar refractivity (Wildman–Crippen MR) is 55.7 cm³/mol. The largest absolute Gasteiger partial charge is 0.481 e. The van der Waals surface area contributed by atoms with E-state index in [0.29, 0.717) is 10.2 Å². The fourth-order valence-corrected chi connectivity index (χ4v) is 1.54. The number of carboxylic acid groups (broad SMARTS) is 1. The molecule has 0 saturated carbocycles. The molecule has 0 atom stereocenters. The van der Waals surface area contributed by atoms with Gasteiger partial charge in [-0.3, -0.25) is 9.59 Å². The molecule has 0 aliphatic rings. The van der Waals surface area contributed by atoms with Crippen LogP contribution in [-0.4, -0.2) is 23.5 Å². The second-order valence-electron chi connectivity index (χ2n) is 2.96. The predicted octanol–water partition coefficient (Wildman–Crippen LogP) is 1.56. The Labute approximate surface area is 94.6 Å². The van der Waals surface area contributed by atoms with E-state index in [4.69, 9.17) is 9.52 Å². The van der Waals surface area contributed by atoms with Crippen molar-refractivity contribution < 1.29 is 19.1 Å². The Balaban J connectivity index is 2.54. The summed E-state index contributed by atoms with van der Waals surface area (Å²) < 4.78 is 5.57. The molecule has 6 heteroatoms. The van der Waals surface area contributed by atoms with Crippen LogP contribution in [0.5, 0.6) is 0 Å². The van der Waals surface area contributed by atoms with E-state index in [2.05, 4.69) is 21.2 Å². The average molecular weight is 276 g/mol. The van der Waals surface area contributed by atoms with Crippen LogP contribution in [0.4, 0.5) is 0 Å². The number of nitrogens with one attached hydrogen (secondary N) is 1. The van der Waals surface area contributed by atoms with Gasteiger partial charge in [0.15, 0.2) is 10.4 Å². The van der Waals surface area contributed by atoms with Crippen LogP contribution in [0.25, 0.3) is 0 Å². The second kappa shape index (κ2) is 4.97. The van der Waals surface area contributed by atoms with Gasteiger partial charge in [0.05, 0.1) is 6.42 Å². The van der Waals surface area contributed by atoms with Crippen LogP contribution in [0, 0.1) is 6.92 Å². The number of carboxylic acids is 1. The van der Waals surface area contributed by atoms with Gasteiger partial charge in [0.1, 0.15) is 0 Å². The molecule has 0 aromatic carbocycles. The first-order valence-corrected chi connectivity index (χ1v) is 5.06. The number of rotatable bonds is 4. The molecule has 0 fully saturated rings. The molecular formula is C9H10BrNO4. The maximum absolute atomic E-state index is 11.4. The number of carbonyl (C=O) groups excluding carboxylic acids is 1. The van der Waals surface area contributed by atoms with E-state index < -0.39 is 11.9 Å². The number of carbonyl (C=O) groups is 2. The molecule has 15 heavy (non-hydrogen) atoms. The van der Waals surface area contributed by atoms with Crippen molar-refractivity contribution in [3.05, 3.63) is 22.1 Å². The van der Waals surface area contributed by atoms with Gasteiger partial charge in [0.25, 0.3) is 5.91 Å². The van der Waals surface area contributed by atoms with E-state index in [1.807, 2.05) is 0 Å². The summed E-state index contributed by atoms with van der Waals surface area (Å²) in [4.78, 5) is 21.6. The highest BCUT2D eigenvalue weighted by atomic mass is 79.9. The number of amides is 1. The van der Waals surface area contributed by atoms with Crippen LogP contribution in [0.3, 0.4) is 0 Å². The highest BCUT2D eigenvalue weighted by Gasteiger charge is 2.14. The molecule has 82 valence electrons. The molecule has 1 amide bonds. The second-order valence-corrected chi connectivity index (χ2v) is 3.74. The van der Waals surface area contributed by atoms with E-state index in [9.17, 15) is 9.59 Å². The summed E-state index contributed by atoms with van der Waals surface area (Å²) >= 11 is 3.10. The molecule has 0 radical (unpaired) electrons. The summed E-state index contributed by atoms with van der Waals surface area (Å²) in [5, 5.41) is 10.8. The van der Waals surface area contributed by atoms with E-state index in [-0.39, 0.29) is 18.7 Å². The van der Waals surface area contributed by atoms with Crippen LogP contribution >= 0.6 is 15.9 Å². The minimum atomic E-state index is -0.951. The zero-order chi connectivity index (χ0) is 11.4. The van der Waals surface area contributed by atoms with Crippen molar-refractivity contribution in [2.45, 2.75) is 13.3 Å². The average Bonchev–Trinajstić information content (AvgIpc) is 2.44. The Morgan fingerprint density at radius 3 is 2.73 bits per heavy atom. The number of hydrogen-bond acceptors (Lipinski definition) is 3. The van der Waals surface area contributed by atoms with E-state index in [1.165, 1.54) is 0 Å². The minimum Gasteiger partial charge on any atom is -0.481 e. The summed E-state index contributed by atoms with van der Waals surface area (Å²) in [5.74, 6) is -1.15. The molecule has 2 N–H and O–H groups in total. The van der Waals surface area contributed by atoms with Gasteiger partial charge >= 0.3 is 5.97 Å². The Hall–Kier alpha value is -1.30. The third-order valence-electron chi connectivity index (χ3n) is 1.72. The highest BCUT2D eigenvalue weighted by molar-refractivity contribution is 9.10. The van der Waals surface area contributed by atoms with Crippen molar-refractivity contribution in [2.75, 3.05) is 6.54 Å². The van der Waals surface area contributed by atoms with Crippen LogP contribution < -0.4 is 5.32 Å². The van der Waals surface area contributed by atoms with E-state index in [1.54, 1.807) is 13.0 Å². The van der Waals surface area contributed by atoms with Gasteiger partial charge in [-0.2, -0.15) is 0 Å². The molecule has 1 aromatic rings. The van der Waals surface area contributed by atoms with E-state index >= 15 is 0 Å². The summed E-state index contributed by atoms with van der Waals surface area (Å²) in [6, 6.07) is 1.67. The fraction of sp³-hybridized carbons (Fsp3) is 0.333. The van der Waals surface area contributed by atoms with Crippen LogP contribution in [0.15, 0.2) is 15.2 Å². The molecule has 0 aliphatic heterocycles. The smallest absolute Gasteiger partial charge is 0.305 e. The van der Waals surface area contributed by atoms with Crippen molar-refractivity contribution in [1.29, 1.82) is 0 Å². The maximum atomic E-state index is 11.4. The van der Waals surface area contributed by atoms with E-state index in [0.717, 1.165) is 0 Å². The van der Waals surface area contributed by atoms with Crippen LogP contribution in [-0.2, 0) is 4.79 Å². The van der Waals surface area contributed by atoms with Crippen molar-refractivity contribution in [3.63, 3.8) is 0 Å². The SMILES string of the molecule is Cc1cc(Br)oc1C(=O)NCCC(=O)O. The van der Waals surface area contributed by atoms with Crippen LogP contribution in [0.1, 0.15) is 22.5 Å². The third kappa shape index (κ3) is 3.39. The van der Waals surface area contributed by atoms with Crippen LogP contribution in [0.2, 0.25) is 0 Å². The van der Waals surface area contributed by atoms with Gasteiger partial charge in [0, 0.05) is 12.1 Å². The summed E-state index contributed by atoms with van der Waals surface area (Å²) in [6.07, 6.45) is -0.104. The lowest BCUT2D eigenvalue weighted by Gasteiger charge is -2.00. The van der Waals surface area contributed by atoms with Gasteiger partial charge in [-0.15, -0.1) is 0 Å². The molecule has 0 unspecified atom stereocenters. The zero-order valence-corrected chi connectivity index (χ0v) is 9.63. The third-order valence-corrected chi connectivity index (χ3v) is 2.11. The van der Waals surface area contributed by atoms with Gasteiger partial charge in [-0.05, 0) is 28.9 Å². The molecule has 1 aromatic heterocycles. The fourth-order valence-electron chi connectivity index (χ4n) is 1.03. The first kappa shape index (κ1) is 11.8. The van der Waals surface area contributed by atoms with Gasteiger partial charge < -0.3 is 14.8 Å². The Morgan fingerprint density at radius 1 is 1.60 bits per heavy atom. The molecule has 0 bridgehead atoms. The number of furan rings is 1. The molecule has 0 saturated heterocycles. The molecular weight excluding hydrogens is 266 g/mol. The monoisotopic (exact) mass is 275 g/mol. The first-order chi connectivity index (χ1) is 7.00. The van der Waals surface area contributed by atoms with Crippen molar-refractivity contribution in [2.24, 2.45) is 0 Å². The maximum Gasteiger partial charge on any atom is 0.305 e. The molecule has 1 rings (SSSR count). The summed E-state index contributed by atoms with van der Waals surface area (Å²) in [5.41, 5.74) is 0.703. The van der Waals surface area contributed by atoms with Gasteiger partial charge in [0.2, 0.25) is 0 Å². The first-order valence-electron chi connectivity index (χ1n) is 4.26. The van der Waals surface area contributed by atoms with Crippen molar-refractivity contribution in [3.8, 4) is 0 Å². The summed E-state index contributed by atoms with van der Waals surface area (Å²) in [6.45, 7) is 1.83. The standard InChI is InChI=1S/C9H10BrNO4/c1-5-4-6(10)15-8(5)9(14)11-3-2-7(12)13/h4H,2-3H2,1H3,(H,11,14)(H,12,13). The number of aliphatic carboxylic acids is 1. The lowest BCUT2D eigenvalue weighted by molar-refractivity contribution is -0.136. The summed E-state index contributed by atoms with van der Waals surface area (Å²) in [7, 11) is 0. The molecule has 5 nitrogen and oxygen atoms in total. The topological polar surface area (TPSA) is 79.5 Å². The Kier molecular flexibility index (Phi) is 3.90. The molecule has 0 spiro atoms. The quantitative estimate of drug-likeness (QED) is 0.874. The molecule has 1 heterocycles. The highest BCUT2D eigenvalue weighted by Crippen LogP contribution is 2.19. The minimum absolute atomic E-state index is 0.0892. The van der Waals surface area contributed by atoms with Crippen molar-refractivity contribution >= 4 is 27.8 Å². The molecule has 0 aliphatic carbocycles. The van der Waals surface area contributed by atoms with Gasteiger partial charge in [-0.1, -0.05) is 0 Å². The van der Waals surface area contributed by atoms with Crippen molar-refractivity contribution in [1.82, 2.24) is 5.32 Å².